The number of ether oxygens (including phenoxy) is 1. The van der Waals surface area contributed by atoms with Crippen LogP contribution in [0.2, 0.25) is 0 Å². The molecule has 10 heteroatoms. The second-order valence-electron chi connectivity index (χ2n) is 7.97. The number of carbonyl (C=O) groups excluding carboxylic acids is 1. The van der Waals surface area contributed by atoms with Crippen LogP contribution in [0.4, 0.5) is 4.39 Å². The number of aromatic nitrogens is 3. The molecular formula is C24H25FN4O4S. The maximum atomic E-state index is 14.9. The quantitative estimate of drug-likeness (QED) is 0.490. The molecule has 0 unspecified atom stereocenters. The molecule has 4 rings (SSSR count). The van der Waals surface area contributed by atoms with E-state index < -0.39 is 27.6 Å². The van der Waals surface area contributed by atoms with Gasteiger partial charge in [0.1, 0.15) is 5.82 Å². The molecule has 8 nitrogen and oxygen atoms in total. The van der Waals surface area contributed by atoms with Crippen molar-refractivity contribution >= 4 is 15.7 Å². The Hall–Kier alpha value is -3.40. The van der Waals surface area contributed by atoms with Crippen molar-refractivity contribution in [2.45, 2.75) is 49.3 Å². The molecule has 1 N–H and O–H groups in total. The lowest BCUT2D eigenvalue weighted by Crippen LogP contribution is -2.29. The SMILES string of the molecule is CCOc1cncc(-c2ccc(C(=O)N[C@@H](CC)c3cc(S(=O)(=O)C4CC4)ccn3)c(F)c2)n1. The topological polar surface area (TPSA) is 111 Å². The average Bonchev–Trinajstić information content (AvgIpc) is 3.69. The van der Waals surface area contributed by atoms with Gasteiger partial charge >= 0.3 is 0 Å². The van der Waals surface area contributed by atoms with E-state index in [1.165, 1.54) is 42.9 Å². The largest absolute Gasteiger partial charge is 0.477 e. The molecule has 1 atom stereocenters. The summed E-state index contributed by atoms with van der Waals surface area (Å²) in [4.78, 5) is 25.6. The van der Waals surface area contributed by atoms with Crippen molar-refractivity contribution < 1.29 is 22.3 Å². The average molecular weight is 485 g/mol. The molecule has 0 radical (unpaired) electrons. The highest BCUT2D eigenvalue weighted by Crippen LogP contribution is 2.34. The molecule has 0 spiro atoms. The first-order valence-corrected chi connectivity index (χ1v) is 12.6. The Morgan fingerprint density at radius 2 is 2.00 bits per heavy atom. The Bertz CT molecular complexity index is 1310. The number of hydrogen-bond acceptors (Lipinski definition) is 7. The molecule has 0 bridgehead atoms. The van der Waals surface area contributed by atoms with Crippen LogP contribution in [0.15, 0.2) is 53.8 Å². The third-order valence-electron chi connectivity index (χ3n) is 5.53. The fourth-order valence-corrected chi connectivity index (χ4v) is 5.23. The number of sulfone groups is 1. The van der Waals surface area contributed by atoms with Crippen LogP contribution in [0.25, 0.3) is 11.3 Å². The van der Waals surface area contributed by atoms with Crippen LogP contribution >= 0.6 is 0 Å². The zero-order valence-electron chi connectivity index (χ0n) is 18.9. The second kappa shape index (κ2) is 9.84. The predicted molar refractivity (Wildman–Crippen MR) is 124 cm³/mol. The Labute approximate surface area is 197 Å². The Kier molecular flexibility index (Phi) is 6.87. The molecule has 1 aliphatic carbocycles. The van der Waals surface area contributed by atoms with Crippen LogP contribution in [-0.4, -0.2) is 41.1 Å². The standard InChI is InChI=1S/C24H25FN4O4S/c1-3-20(21-12-17(9-10-27-21)34(31,32)16-6-7-16)29-24(30)18-8-5-15(11-19(18)25)22-13-26-14-23(28-22)33-4-2/h5,8-14,16,20H,3-4,6-7H2,1-2H3,(H,29,30)/t20-/m0/s1. The molecule has 2 heterocycles. The van der Waals surface area contributed by atoms with Crippen molar-refractivity contribution in [2.75, 3.05) is 6.61 Å². The van der Waals surface area contributed by atoms with Crippen LogP contribution in [-0.2, 0) is 9.84 Å². The van der Waals surface area contributed by atoms with E-state index in [0.717, 1.165) is 0 Å². The molecule has 1 saturated carbocycles. The van der Waals surface area contributed by atoms with E-state index in [1.807, 2.05) is 13.8 Å². The van der Waals surface area contributed by atoms with Gasteiger partial charge in [-0.1, -0.05) is 13.0 Å². The van der Waals surface area contributed by atoms with E-state index in [-0.39, 0.29) is 15.7 Å². The van der Waals surface area contributed by atoms with Gasteiger partial charge in [-0.15, -0.1) is 0 Å². The monoisotopic (exact) mass is 484 g/mol. The number of hydrogen-bond donors (Lipinski definition) is 1. The summed E-state index contributed by atoms with van der Waals surface area (Å²) in [6.45, 7) is 4.08. The number of halogens is 1. The molecular weight excluding hydrogens is 459 g/mol. The van der Waals surface area contributed by atoms with Crippen molar-refractivity contribution in [3.05, 3.63) is 66.0 Å². The first-order chi connectivity index (χ1) is 16.3. The van der Waals surface area contributed by atoms with E-state index in [1.54, 1.807) is 6.07 Å². The third kappa shape index (κ3) is 5.06. The van der Waals surface area contributed by atoms with Gasteiger partial charge < -0.3 is 10.1 Å². The minimum atomic E-state index is -3.39. The highest BCUT2D eigenvalue weighted by Gasteiger charge is 2.37. The van der Waals surface area contributed by atoms with Gasteiger partial charge in [-0.3, -0.25) is 14.8 Å². The summed E-state index contributed by atoms with van der Waals surface area (Å²) in [6.07, 6.45) is 6.14. The Morgan fingerprint density at radius 1 is 1.21 bits per heavy atom. The minimum absolute atomic E-state index is 0.141. The number of nitrogens with one attached hydrogen (secondary N) is 1. The molecule has 0 aliphatic heterocycles. The van der Waals surface area contributed by atoms with E-state index in [4.69, 9.17) is 4.74 Å². The highest BCUT2D eigenvalue weighted by atomic mass is 32.2. The van der Waals surface area contributed by atoms with Crippen LogP contribution in [0, 0.1) is 5.82 Å². The first-order valence-electron chi connectivity index (χ1n) is 11.1. The summed E-state index contributed by atoms with van der Waals surface area (Å²) < 4.78 is 45.3. The fraction of sp³-hybridized carbons (Fsp3) is 0.333. The van der Waals surface area contributed by atoms with Gasteiger partial charge in [0.05, 0.1) is 52.1 Å². The van der Waals surface area contributed by atoms with Gasteiger partial charge in [-0.2, -0.15) is 0 Å². The molecule has 34 heavy (non-hydrogen) atoms. The summed E-state index contributed by atoms with van der Waals surface area (Å²) in [5.74, 6) is -1.01. The second-order valence-corrected chi connectivity index (χ2v) is 10.2. The summed E-state index contributed by atoms with van der Waals surface area (Å²) in [7, 11) is -3.39. The summed E-state index contributed by atoms with van der Waals surface area (Å²) in [5, 5.41) is 2.42. The predicted octanol–water partition coefficient (Wildman–Crippen LogP) is 3.89. The van der Waals surface area contributed by atoms with Crippen LogP contribution in [0.1, 0.15) is 55.2 Å². The van der Waals surface area contributed by atoms with E-state index in [2.05, 4.69) is 20.3 Å². The zero-order valence-corrected chi connectivity index (χ0v) is 19.7. The van der Waals surface area contributed by atoms with Crippen LogP contribution in [0.5, 0.6) is 5.88 Å². The Balaban J connectivity index is 1.53. The fourth-order valence-electron chi connectivity index (χ4n) is 3.55. The van der Waals surface area contributed by atoms with E-state index in [0.29, 0.717) is 48.7 Å². The lowest BCUT2D eigenvalue weighted by molar-refractivity contribution is 0.0930. The molecule has 2 aromatic heterocycles. The van der Waals surface area contributed by atoms with Gasteiger partial charge in [-0.05, 0) is 50.5 Å². The molecule has 1 aliphatic rings. The number of nitrogens with zero attached hydrogens (tertiary/aromatic N) is 3. The number of carbonyl (C=O) groups is 1. The molecule has 178 valence electrons. The molecule has 1 aromatic carbocycles. The summed E-state index contributed by atoms with van der Waals surface area (Å²) in [5.41, 5.74) is 1.14. The van der Waals surface area contributed by atoms with Crippen molar-refractivity contribution in [3.8, 4) is 17.1 Å². The first kappa shape index (κ1) is 23.7. The number of pyridine rings is 1. The van der Waals surface area contributed by atoms with Crippen LogP contribution in [0.3, 0.4) is 0 Å². The highest BCUT2D eigenvalue weighted by molar-refractivity contribution is 7.92. The van der Waals surface area contributed by atoms with Gasteiger partial charge in [0.2, 0.25) is 5.88 Å². The Morgan fingerprint density at radius 3 is 2.68 bits per heavy atom. The van der Waals surface area contributed by atoms with Gasteiger partial charge in [-0.25, -0.2) is 17.8 Å². The normalized spacial score (nSPS) is 14.4. The molecule has 1 amide bonds. The number of benzene rings is 1. The van der Waals surface area contributed by atoms with Crippen molar-refractivity contribution in [3.63, 3.8) is 0 Å². The smallest absolute Gasteiger partial charge is 0.254 e. The van der Waals surface area contributed by atoms with Crippen molar-refractivity contribution in [1.29, 1.82) is 0 Å². The number of rotatable bonds is 9. The van der Waals surface area contributed by atoms with Gasteiger partial charge in [0.25, 0.3) is 5.91 Å². The third-order valence-corrected chi connectivity index (χ3v) is 7.79. The summed E-state index contributed by atoms with van der Waals surface area (Å²) >= 11 is 0. The lowest BCUT2D eigenvalue weighted by Gasteiger charge is -2.18. The minimum Gasteiger partial charge on any atom is -0.477 e. The lowest BCUT2D eigenvalue weighted by atomic mass is 10.1. The van der Waals surface area contributed by atoms with E-state index >= 15 is 0 Å². The zero-order chi connectivity index (χ0) is 24.3. The number of amides is 1. The van der Waals surface area contributed by atoms with Crippen molar-refractivity contribution in [2.24, 2.45) is 0 Å². The maximum Gasteiger partial charge on any atom is 0.254 e. The maximum absolute atomic E-state index is 14.9. The molecule has 1 fully saturated rings. The van der Waals surface area contributed by atoms with Crippen molar-refractivity contribution in [1.82, 2.24) is 20.3 Å². The van der Waals surface area contributed by atoms with Gasteiger partial charge in [0, 0.05) is 11.8 Å². The van der Waals surface area contributed by atoms with E-state index in [9.17, 15) is 17.6 Å². The van der Waals surface area contributed by atoms with Crippen LogP contribution < -0.4 is 10.1 Å². The molecule has 0 saturated heterocycles. The summed E-state index contributed by atoms with van der Waals surface area (Å²) in [6, 6.07) is 6.56. The molecule has 3 aromatic rings. The van der Waals surface area contributed by atoms with Gasteiger partial charge in [0.15, 0.2) is 9.84 Å².